The molecule has 4 nitrogen and oxygen atoms in total. The summed E-state index contributed by atoms with van der Waals surface area (Å²) in [4.78, 5) is 11.5. The van der Waals surface area contributed by atoms with Crippen molar-refractivity contribution < 1.29 is 9.21 Å². The lowest BCUT2D eigenvalue weighted by molar-refractivity contribution is -0.117. The monoisotopic (exact) mass is 208 g/mol. The summed E-state index contributed by atoms with van der Waals surface area (Å²) in [6, 6.07) is 3.70. The number of amides is 1. The Morgan fingerprint density at radius 2 is 2.13 bits per heavy atom. The van der Waals surface area contributed by atoms with Crippen molar-refractivity contribution in [1.29, 1.82) is 0 Å². The lowest BCUT2D eigenvalue weighted by Crippen LogP contribution is -2.24. The first-order valence-electron chi connectivity index (χ1n) is 4.77. The van der Waals surface area contributed by atoms with Crippen molar-refractivity contribution in [3.05, 3.63) is 34.9 Å². The van der Waals surface area contributed by atoms with Crippen molar-refractivity contribution in [2.75, 3.05) is 0 Å². The van der Waals surface area contributed by atoms with Crippen LogP contribution in [0, 0.1) is 6.92 Å². The third-order valence-corrected chi connectivity index (χ3v) is 2.15. The van der Waals surface area contributed by atoms with E-state index in [0.29, 0.717) is 17.8 Å². The molecule has 4 heteroatoms. The standard InChI is InChI=1S/C11H16N2O2/c1-7-4-5-10(15-7)6-13-11(14)8(2)9(3)12/h4-5H,6,12H2,1-3H3,(H,13,14)/b9-8-. The van der Waals surface area contributed by atoms with Gasteiger partial charge in [-0.3, -0.25) is 4.79 Å². The maximum Gasteiger partial charge on any atom is 0.249 e. The van der Waals surface area contributed by atoms with Crippen molar-refractivity contribution in [2.24, 2.45) is 5.73 Å². The van der Waals surface area contributed by atoms with Gasteiger partial charge in [-0.15, -0.1) is 0 Å². The van der Waals surface area contributed by atoms with E-state index in [1.165, 1.54) is 0 Å². The van der Waals surface area contributed by atoms with E-state index in [4.69, 9.17) is 10.2 Å². The lowest BCUT2D eigenvalue weighted by atomic mass is 10.2. The predicted molar refractivity (Wildman–Crippen MR) is 57.9 cm³/mol. The number of carbonyl (C=O) groups excluding carboxylic acids is 1. The Bertz CT molecular complexity index is 387. The minimum Gasteiger partial charge on any atom is -0.465 e. The van der Waals surface area contributed by atoms with Gasteiger partial charge in [0.1, 0.15) is 11.5 Å². The zero-order valence-electron chi connectivity index (χ0n) is 9.26. The van der Waals surface area contributed by atoms with E-state index in [2.05, 4.69) is 5.32 Å². The lowest BCUT2D eigenvalue weighted by Gasteiger charge is -2.04. The van der Waals surface area contributed by atoms with Crippen LogP contribution in [-0.2, 0) is 11.3 Å². The van der Waals surface area contributed by atoms with E-state index in [9.17, 15) is 4.79 Å². The van der Waals surface area contributed by atoms with Gasteiger partial charge in [-0.05, 0) is 32.9 Å². The summed E-state index contributed by atoms with van der Waals surface area (Å²) < 4.78 is 5.31. The number of nitrogens with two attached hydrogens (primary N) is 1. The summed E-state index contributed by atoms with van der Waals surface area (Å²) in [6.45, 7) is 5.64. The summed E-state index contributed by atoms with van der Waals surface area (Å²) >= 11 is 0. The molecule has 0 radical (unpaired) electrons. The third kappa shape index (κ3) is 3.16. The molecule has 0 atom stereocenters. The molecule has 1 aromatic rings. The predicted octanol–water partition coefficient (Wildman–Crippen LogP) is 1.46. The summed E-state index contributed by atoms with van der Waals surface area (Å²) in [6.07, 6.45) is 0. The first-order chi connectivity index (χ1) is 7.00. The van der Waals surface area contributed by atoms with Gasteiger partial charge in [0.2, 0.25) is 5.91 Å². The maximum atomic E-state index is 11.5. The summed E-state index contributed by atoms with van der Waals surface area (Å²) in [5.41, 5.74) is 6.58. The smallest absolute Gasteiger partial charge is 0.249 e. The second-order valence-corrected chi connectivity index (χ2v) is 3.50. The zero-order valence-corrected chi connectivity index (χ0v) is 9.26. The van der Waals surface area contributed by atoms with Crippen molar-refractivity contribution in [1.82, 2.24) is 5.32 Å². The fourth-order valence-corrected chi connectivity index (χ4v) is 1.06. The highest BCUT2D eigenvalue weighted by Crippen LogP contribution is 2.06. The molecular formula is C11H16N2O2. The molecule has 15 heavy (non-hydrogen) atoms. The van der Waals surface area contributed by atoms with Gasteiger partial charge in [-0.2, -0.15) is 0 Å². The highest BCUT2D eigenvalue weighted by molar-refractivity contribution is 5.93. The molecule has 0 bridgehead atoms. The molecule has 1 heterocycles. The van der Waals surface area contributed by atoms with Crippen molar-refractivity contribution in [2.45, 2.75) is 27.3 Å². The Morgan fingerprint density at radius 1 is 1.47 bits per heavy atom. The van der Waals surface area contributed by atoms with E-state index in [0.717, 1.165) is 11.5 Å². The minimum absolute atomic E-state index is 0.163. The van der Waals surface area contributed by atoms with Gasteiger partial charge >= 0.3 is 0 Å². The average molecular weight is 208 g/mol. The SMILES string of the molecule is C/C(N)=C(\C)C(=O)NCc1ccc(C)o1. The van der Waals surface area contributed by atoms with E-state index in [-0.39, 0.29) is 5.91 Å². The molecule has 0 aliphatic rings. The van der Waals surface area contributed by atoms with E-state index in [1.54, 1.807) is 13.8 Å². The molecule has 0 saturated heterocycles. The van der Waals surface area contributed by atoms with Crippen molar-refractivity contribution in [3.63, 3.8) is 0 Å². The third-order valence-electron chi connectivity index (χ3n) is 2.15. The van der Waals surface area contributed by atoms with Gasteiger partial charge in [0, 0.05) is 11.3 Å². The normalized spacial score (nSPS) is 12.2. The first kappa shape index (κ1) is 11.4. The fourth-order valence-electron chi connectivity index (χ4n) is 1.06. The van der Waals surface area contributed by atoms with Crippen LogP contribution in [0.1, 0.15) is 25.4 Å². The number of aryl methyl sites for hydroxylation is 1. The van der Waals surface area contributed by atoms with Crippen molar-refractivity contribution >= 4 is 5.91 Å². The molecule has 0 aliphatic carbocycles. The van der Waals surface area contributed by atoms with Gasteiger partial charge in [0.05, 0.1) is 6.54 Å². The highest BCUT2D eigenvalue weighted by Gasteiger charge is 2.06. The molecule has 0 fully saturated rings. The molecule has 1 amide bonds. The van der Waals surface area contributed by atoms with Crippen LogP contribution in [-0.4, -0.2) is 5.91 Å². The van der Waals surface area contributed by atoms with Crippen LogP contribution < -0.4 is 11.1 Å². The minimum atomic E-state index is -0.163. The van der Waals surface area contributed by atoms with Crippen LogP contribution in [0.4, 0.5) is 0 Å². The van der Waals surface area contributed by atoms with Crippen LogP contribution in [0.5, 0.6) is 0 Å². The van der Waals surface area contributed by atoms with E-state index < -0.39 is 0 Å². The van der Waals surface area contributed by atoms with E-state index in [1.807, 2.05) is 19.1 Å². The summed E-state index contributed by atoms with van der Waals surface area (Å²) in [5.74, 6) is 1.41. The van der Waals surface area contributed by atoms with Gasteiger partial charge in [-0.25, -0.2) is 0 Å². The second-order valence-electron chi connectivity index (χ2n) is 3.50. The number of rotatable bonds is 3. The average Bonchev–Trinajstić information content (AvgIpc) is 2.59. The van der Waals surface area contributed by atoms with Gasteiger partial charge in [0.25, 0.3) is 0 Å². The first-order valence-corrected chi connectivity index (χ1v) is 4.77. The number of carbonyl (C=O) groups is 1. The largest absolute Gasteiger partial charge is 0.465 e. The number of hydrogen-bond acceptors (Lipinski definition) is 3. The number of hydrogen-bond donors (Lipinski definition) is 2. The Hall–Kier alpha value is -1.71. The molecule has 0 aliphatic heterocycles. The molecule has 1 rings (SSSR count). The van der Waals surface area contributed by atoms with Crippen molar-refractivity contribution in [3.8, 4) is 0 Å². The van der Waals surface area contributed by atoms with Gasteiger partial charge < -0.3 is 15.5 Å². The molecule has 1 aromatic heterocycles. The Labute approximate surface area is 89.1 Å². The molecule has 0 saturated carbocycles. The van der Waals surface area contributed by atoms with Gasteiger partial charge in [0.15, 0.2) is 0 Å². The molecule has 0 unspecified atom stereocenters. The summed E-state index contributed by atoms with van der Waals surface area (Å²) in [5, 5.41) is 2.72. The maximum absolute atomic E-state index is 11.5. The van der Waals surface area contributed by atoms with Crippen LogP contribution in [0.25, 0.3) is 0 Å². The van der Waals surface area contributed by atoms with Crippen LogP contribution in [0.3, 0.4) is 0 Å². The highest BCUT2D eigenvalue weighted by atomic mass is 16.3. The Morgan fingerprint density at radius 3 is 2.60 bits per heavy atom. The topological polar surface area (TPSA) is 68.3 Å². The molecule has 3 N–H and O–H groups in total. The van der Waals surface area contributed by atoms with Crippen LogP contribution in [0.15, 0.2) is 27.8 Å². The van der Waals surface area contributed by atoms with Crippen LogP contribution in [0.2, 0.25) is 0 Å². The summed E-state index contributed by atoms with van der Waals surface area (Å²) in [7, 11) is 0. The molecule has 0 aromatic carbocycles. The van der Waals surface area contributed by atoms with E-state index >= 15 is 0 Å². The van der Waals surface area contributed by atoms with Crippen LogP contribution >= 0.6 is 0 Å². The Kier molecular flexibility index (Phi) is 3.55. The second kappa shape index (κ2) is 4.68. The number of nitrogens with one attached hydrogen (secondary N) is 1. The Balaban J connectivity index is 2.52. The number of allylic oxidation sites excluding steroid dienone is 1. The zero-order chi connectivity index (χ0) is 11.4. The molecule has 82 valence electrons. The quantitative estimate of drug-likeness (QED) is 0.739. The van der Waals surface area contributed by atoms with Gasteiger partial charge in [-0.1, -0.05) is 0 Å². The fraction of sp³-hybridized carbons (Fsp3) is 0.364. The molecular weight excluding hydrogens is 192 g/mol. The molecule has 0 spiro atoms. The number of furan rings is 1.